The summed E-state index contributed by atoms with van der Waals surface area (Å²) in [6.07, 6.45) is 0.617. The summed E-state index contributed by atoms with van der Waals surface area (Å²) in [5.41, 5.74) is 0. The minimum absolute atomic E-state index is 0.0211. The first-order valence-corrected chi connectivity index (χ1v) is 4.42. The Morgan fingerprint density at radius 3 is 2.75 bits per heavy atom. The molecule has 0 aromatic rings. The highest BCUT2D eigenvalue weighted by Crippen LogP contribution is 2.02. The van der Waals surface area contributed by atoms with Crippen LogP contribution in [0.25, 0.3) is 0 Å². The summed E-state index contributed by atoms with van der Waals surface area (Å²) in [6.45, 7) is 1.77. The second kappa shape index (κ2) is 5.35. The lowest BCUT2D eigenvalue weighted by Gasteiger charge is -2.23. The Morgan fingerprint density at radius 1 is 1.50 bits per heavy atom. The van der Waals surface area contributed by atoms with Crippen molar-refractivity contribution in [2.75, 3.05) is 25.6 Å². The van der Waals surface area contributed by atoms with Crippen molar-refractivity contribution >= 4 is 17.5 Å². The molecule has 12 heavy (non-hydrogen) atoms. The van der Waals surface area contributed by atoms with E-state index in [-0.39, 0.29) is 18.1 Å². The first-order chi connectivity index (χ1) is 5.83. The van der Waals surface area contributed by atoms with Gasteiger partial charge in [0, 0.05) is 0 Å². The summed E-state index contributed by atoms with van der Waals surface area (Å²) < 4.78 is 10.4. The average Bonchev–Trinajstić information content (AvgIpc) is 2.16. The van der Waals surface area contributed by atoms with Gasteiger partial charge in [-0.3, -0.25) is 4.79 Å². The van der Waals surface area contributed by atoms with Gasteiger partial charge in [0.15, 0.2) is 6.29 Å². The minimum Gasteiger partial charge on any atom is -0.351 e. The molecule has 5 heteroatoms. The molecule has 0 bridgehead atoms. The number of carbonyl (C=O) groups is 1. The number of ether oxygens (including phenoxy) is 2. The molecule has 70 valence electrons. The molecule has 0 radical (unpaired) electrons. The maximum atomic E-state index is 10.7. The van der Waals surface area contributed by atoms with Crippen LogP contribution in [-0.4, -0.2) is 37.8 Å². The number of alkyl halides is 1. The van der Waals surface area contributed by atoms with E-state index in [4.69, 9.17) is 21.1 Å². The van der Waals surface area contributed by atoms with Gasteiger partial charge in [0.2, 0.25) is 5.91 Å². The molecular formula is C7H12ClNO3. The number of halogens is 1. The molecule has 1 amide bonds. The van der Waals surface area contributed by atoms with Crippen molar-refractivity contribution in [3.63, 3.8) is 0 Å². The molecule has 1 aliphatic heterocycles. The van der Waals surface area contributed by atoms with Crippen LogP contribution in [0, 0.1) is 0 Å². The molecule has 0 aliphatic carbocycles. The Morgan fingerprint density at radius 2 is 2.17 bits per heavy atom. The smallest absolute Gasteiger partial charge is 0.235 e. The Hall–Kier alpha value is -0.320. The van der Waals surface area contributed by atoms with E-state index in [0.29, 0.717) is 19.8 Å². The number of hydrogen-bond donors (Lipinski definition) is 1. The zero-order chi connectivity index (χ0) is 8.81. The second-order valence-corrected chi connectivity index (χ2v) is 2.73. The predicted octanol–water partition coefficient (Wildman–Crippen LogP) is 0.104. The Bertz CT molecular complexity index is 148. The molecule has 0 unspecified atom stereocenters. The summed E-state index contributed by atoms with van der Waals surface area (Å²) in [4.78, 5) is 10.7. The molecule has 0 aromatic carbocycles. The fourth-order valence-corrected chi connectivity index (χ4v) is 0.993. The fourth-order valence-electron chi connectivity index (χ4n) is 0.899. The summed E-state index contributed by atoms with van der Waals surface area (Å²) in [7, 11) is 0. The standard InChI is InChI=1S/C7H12ClNO3/c8-4-6(10)9-5-7-11-2-1-3-12-7/h7H,1-5H2,(H,9,10). The third-order valence-corrected chi connectivity index (χ3v) is 1.73. The van der Waals surface area contributed by atoms with Crippen molar-refractivity contribution in [2.24, 2.45) is 0 Å². The van der Waals surface area contributed by atoms with Crippen LogP contribution in [0.3, 0.4) is 0 Å². The van der Waals surface area contributed by atoms with Gasteiger partial charge in [-0.2, -0.15) is 0 Å². The van der Waals surface area contributed by atoms with Gasteiger partial charge < -0.3 is 14.8 Å². The van der Waals surface area contributed by atoms with E-state index in [1.165, 1.54) is 0 Å². The molecule has 0 atom stereocenters. The number of amides is 1. The normalized spacial score (nSPS) is 19.1. The molecule has 0 aromatic heterocycles. The van der Waals surface area contributed by atoms with Crippen molar-refractivity contribution in [2.45, 2.75) is 12.7 Å². The molecule has 1 N–H and O–H groups in total. The largest absolute Gasteiger partial charge is 0.351 e. The van der Waals surface area contributed by atoms with Crippen LogP contribution in [0.4, 0.5) is 0 Å². The molecule has 1 saturated heterocycles. The monoisotopic (exact) mass is 193 g/mol. The zero-order valence-corrected chi connectivity index (χ0v) is 7.47. The van der Waals surface area contributed by atoms with Gasteiger partial charge >= 0.3 is 0 Å². The van der Waals surface area contributed by atoms with Crippen molar-refractivity contribution in [3.05, 3.63) is 0 Å². The lowest BCUT2D eigenvalue weighted by molar-refractivity contribution is -0.176. The predicted molar refractivity (Wildman–Crippen MR) is 44.0 cm³/mol. The van der Waals surface area contributed by atoms with Crippen molar-refractivity contribution < 1.29 is 14.3 Å². The van der Waals surface area contributed by atoms with Crippen LogP contribution in [-0.2, 0) is 14.3 Å². The lowest BCUT2D eigenvalue weighted by Crippen LogP contribution is -2.38. The maximum absolute atomic E-state index is 10.7. The number of rotatable bonds is 3. The SMILES string of the molecule is O=C(CCl)NCC1OCCCO1. The summed E-state index contributed by atoms with van der Waals surface area (Å²) in [5, 5.41) is 2.58. The van der Waals surface area contributed by atoms with Crippen molar-refractivity contribution in [3.8, 4) is 0 Å². The van der Waals surface area contributed by atoms with Gasteiger partial charge in [-0.15, -0.1) is 11.6 Å². The highest BCUT2D eigenvalue weighted by molar-refractivity contribution is 6.27. The minimum atomic E-state index is -0.300. The van der Waals surface area contributed by atoms with Gasteiger partial charge in [0.05, 0.1) is 19.8 Å². The highest BCUT2D eigenvalue weighted by atomic mass is 35.5. The van der Waals surface area contributed by atoms with E-state index in [2.05, 4.69) is 5.32 Å². The summed E-state index contributed by atoms with van der Waals surface area (Å²) in [6, 6.07) is 0. The fraction of sp³-hybridized carbons (Fsp3) is 0.857. The van der Waals surface area contributed by atoms with Crippen LogP contribution in [0.1, 0.15) is 6.42 Å². The molecule has 1 aliphatic rings. The van der Waals surface area contributed by atoms with E-state index < -0.39 is 0 Å². The maximum Gasteiger partial charge on any atom is 0.235 e. The van der Waals surface area contributed by atoms with E-state index in [1.54, 1.807) is 0 Å². The first-order valence-electron chi connectivity index (χ1n) is 3.89. The molecule has 4 nitrogen and oxygen atoms in total. The molecule has 1 rings (SSSR count). The number of carbonyl (C=O) groups excluding carboxylic acids is 1. The molecule has 0 saturated carbocycles. The van der Waals surface area contributed by atoms with Gasteiger partial charge in [-0.1, -0.05) is 0 Å². The molecule has 1 heterocycles. The van der Waals surface area contributed by atoms with Crippen LogP contribution < -0.4 is 5.32 Å². The Kier molecular flexibility index (Phi) is 4.35. The summed E-state index contributed by atoms with van der Waals surface area (Å²) in [5.74, 6) is -0.221. The molecular weight excluding hydrogens is 182 g/mol. The lowest BCUT2D eigenvalue weighted by atomic mass is 10.4. The Labute approximate surface area is 76.2 Å². The van der Waals surface area contributed by atoms with Crippen LogP contribution in [0.15, 0.2) is 0 Å². The van der Waals surface area contributed by atoms with Gasteiger partial charge in [-0.05, 0) is 6.42 Å². The van der Waals surface area contributed by atoms with E-state index in [0.717, 1.165) is 6.42 Å². The van der Waals surface area contributed by atoms with Gasteiger partial charge in [-0.25, -0.2) is 0 Å². The van der Waals surface area contributed by atoms with Crippen LogP contribution >= 0.6 is 11.6 Å². The Balaban J connectivity index is 2.09. The quantitative estimate of drug-likeness (QED) is 0.647. The summed E-state index contributed by atoms with van der Waals surface area (Å²) >= 11 is 5.28. The average molecular weight is 194 g/mol. The van der Waals surface area contributed by atoms with Crippen molar-refractivity contribution in [1.82, 2.24) is 5.32 Å². The highest BCUT2D eigenvalue weighted by Gasteiger charge is 2.14. The third kappa shape index (κ3) is 3.38. The van der Waals surface area contributed by atoms with Crippen LogP contribution in [0.2, 0.25) is 0 Å². The van der Waals surface area contributed by atoms with Gasteiger partial charge in [0.25, 0.3) is 0 Å². The van der Waals surface area contributed by atoms with E-state index >= 15 is 0 Å². The third-order valence-electron chi connectivity index (χ3n) is 1.48. The zero-order valence-electron chi connectivity index (χ0n) is 6.72. The first kappa shape index (κ1) is 9.77. The van der Waals surface area contributed by atoms with E-state index in [1.807, 2.05) is 0 Å². The molecule has 1 fully saturated rings. The van der Waals surface area contributed by atoms with Gasteiger partial charge in [0.1, 0.15) is 5.88 Å². The molecule has 0 spiro atoms. The number of nitrogens with one attached hydrogen (secondary N) is 1. The topological polar surface area (TPSA) is 47.6 Å². The van der Waals surface area contributed by atoms with E-state index in [9.17, 15) is 4.79 Å². The van der Waals surface area contributed by atoms with Crippen LogP contribution in [0.5, 0.6) is 0 Å². The van der Waals surface area contributed by atoms with Crippen molar-refractivity contribution in [1.29, 1.82) is 0 Å². The second-order valence-electron chi connectivity index (χ2n) is 2.46. The number of hydrogen-bond acceptors (Lipinski definition) is 3.